The van der Waals surface area contributed by atoms with Crippen molar-refractivity contribution >= 4 is 22.6 Å². The molecule has 3 rings (SSSR count). The molecule has 0 unspecified atom stereocenters. The van der Waals surface area contributed by atoms with Crippen LogP contribution in [0, 0.1) is 0 Å². The van der Waals surface area contributed by atoms with Gasteiger partial charge in [0, 0.05) is 22.5 Å². The number of nitrogens with zero attached hydrogens (tertiary/aromatic N) is 1. The van der Waals surface area contributed by atoms with Crippen molar-refractivity contribution in [2.75, 3.05) is 5.32 Å². The minimum atomic E-state index is -0.378. The molecule has 21 heavy (non-hydrogen) atoms. The highest BCUT2D eigenvalue weighted by atomic mass is 16.2. The average molecular weight is 282 g/mol. The fourth-order valence-electron chi connectivity index (χ4n) is 2.19. The normalized spacial score (nSPS) is 10.7. The molecule has 0 radical (unpaired) electrons. The number of fused-ring (bicyclic) bond motifs is 1. The molecular weight excluding hydrogens is 268 g/mol. The molecule has 0 bridgehead atoms. The highest BCUT2D eigenvalue weighted by molar-refractivity contribution is 6.03. The van der Waals surface area contributed by atoms with Gasteiger partial charge in [-0.3, -0.25) is 14.7 Å². The lowest BCUT2D eigenvalue weighted by Crippen LogP contribution is -2.18. The van der Waals surface area contributed by atoms with E-state index in [-0.39, 0.29) is 17.0 Å². The van der Waals surface area contributed by atoms with Gasteiger partial charge in [0.15, 0.2) is 5.43 Å². The van der Waals surface area contributed by atoms with Gasteiger partial charge < -0.3 is 10.3 Å². The highest BCUT2D eigenvalue weighted by Crippen LogP contribution is 2.13. The number of hydrogen-bond donors (Lipinski definition) is 3. The number of nitrogens with one attached hydrogen (secondary N) is 3. The Morgan fingerprint density at radius 2 is 2.14 bits per heavy atom. The van der Waals surface area contributed by atoms with E-state index in [1.807, 2.05) is 13.0 Å². The number of aryl methyl sites for hydroxylation is 1. The van der Waals surface area contributed by atoms with E-state index >= 15 is 0 Å². The van der Waals surface area contributed by atoms with Gasteiger partial charge in [-0.05, 0) is 18.6 Å². The molecule has 0 atom stereocenters. The summed E-state index contributed by atoms with van der Waals surface area (Å²) in [6.07, 6.45) is 2.42. The summed E-state index contributed by atoms with van der Waals surface area (Å²) >= 11 is 0. The Morgan fingerprint density at radius 3 is 2.95 bits per heavy atom. The Hall–Kier alpha value is -2.89. The fourth-order valence-corrected chi connectivity index (χ4v) is 2.19. The Balaban J connectivity index is 1.97. The van der Waals surface area contributed by atoms with E-state index in [9.17, 15) is 9.59 Å². The number of hydrogen-bond acceptors (Lipinski definition) is 3. The van der Waals surface area contributed by atoms with Crippen LogP contribution >= 0.6 is 0 Å². The predicted molar refractivity (Wildman–Crippen MR) is 80.5 cm³/mol. The van der Waals surface area contributed by atoms with Crippen LogP contribution in [0.25, 0.3) is 10.9 Å². The lowest BCUT2D eigenvalue weighted by Gasteiger charge is -2.06. The molecule has 1 aromatic carbocycles. The predicted octanol–water partition coefficient (Wildman–Crippen LogP) is 2.07. The van der Waals surface area contributed by atoms with E-state index < -0.39 is 0 Å². The van der Waals surface area contributed by atoms with Crippen molar-refractivity contribution in [3.63, 3.8) is 0 Å². The lowest BCUT2D eigenvalue weighted by molar-refractivity contribution is 0.102. The first kappa shape index (κ1) is 13.1. The zero-order valence-electron chi connectivity index (χ0n) is 11.4. The Bertz CT molecular complexity index is 863. The van der Waals surface area contributed by atoms with Crippen LogP contribution in [0.15, 0.2) is 41.3 Å². The molecule has 3 aromatic rings. The summed E-state index contributed by atoms with van der Waals surface area (Å²) in [5.74, 6) is 0.174. The topological polar surface area (TPSA) is 90.6 Å². The first-order valence-corrected chi connectivity index (χ1v) is 6.64. The first-order chi connectivity index (χ1) is 10.2. The summed E-state index contributed by atoms with van der Waals surface area (Å²) < 4.78 is 0. The van der Waals surface area contributed by atoms with Gasteiger partial charge in [-0.25, -0.2) is 0 Å². The molecule has 0 spiro atoms. The van der Waals surface area contributed by atoms with Crippen LogP contribution in [0.3, 0.4) is 0 Å². The van der Waals surface area contributed by atoms with Crippen molar-refractivity contribution < 1.29 is 4.79 Å². The summed E-state index contributed by atoms with van der Waals surface area (Å²) in [6.45, 7) is 1.97. The lowest BCUT2D eigenvalue weighted by atomic mass is 10.2. The van der Waals surface area contributed by atoms with E-state index in [1.54, 1.807) is 24.4 Å². The van der Waals surface area contributed by atoms with Crippen molar-refractivity contribution in [1.29, 1.82) is 0 Å². The fraction of sp³-hybridized carbons (Fsp3) is 0.133. The van der Waals surface area contributed by atoms with Gasteiger partial charge in [0.2, 0.25) is 0 Å². The molecule has 1 amide bonds. The van der Waals surface area contributed by atoms with E-state index in [1.165, 1.54) is 6.07 Å². The largest absolute Gasteiger partial charge is 0.350 e. The van der Waals surface area contributed by atoms with Crippen LogP contribution in [-0.4, -0.2) is 21.1 Å². The molecule has 3 N–H and O–H groups in total. The molecule has 0 aliphatic carbocycles. The minimum absolute atomic E-state index is 0.185. The molecule has 0 aliphatic rings. The molecule has 0 aliphatic heterocycles. The third-order valence-corrected chi connectivity index (χ3v) is 3.32. The van der Waals surface area contributed by atoms with Crippen molar-refractivity contribution in [3.8, 4) is 0 Å². The molecule has 2 heterocycles. The number of aromatic amines is 2. The van der Waals surface area contributed by atoms with Gasteiger partial charge in [-0.1, -0.05) is 19.1 Å². The second-order valence-corrected chi connectivity index (χ2v) is 4.67. The first-order valence-electron chi connectivity index (χ1n) is 6.64. The van der Waals surface area contributed by atoms with Crippen LogP contribution in [0.4, 0.5) is 5.82 Å². The zero-order valence-corrected chi connectivity index (χ0v) is 11.4. The Morgan fingerprint density at radius 1 is 1.33 bits per heavy atom. The Kier molecular flexibility index (Phi) is 3.27. The van der Waals surface area contributed by atoms with Crippen LogP contribution in [-0.2, 0) is 6.42 Å². The molecule has 6 heteroatoms. The average Bonchev–Trinajstić information content (AvgIpc) is 2.94. The third kappa shape index (κ3) is 2.43. The molecule has 0 saturated heterocycles. The second kappa shape index (κ2) is 5.24. The summed E-state index contributed by atoms with van der Waals surface area (Å²) in [5.41, 5.74) is 1.58. The number of rotatable bonds is 3. The summed E-state index contributed by atoms with van der Waals surface area (Å²) in [4.78, 5) is 27.2. The van der Waals surface area contributed by atoms with Gasteiger partial charge in [0.25, 0.3) is 5.91 Å². The van der Waals surface area contributed by atoms with Crippen molar-refractivity contribution in [2.24, 2.45) is 0 Å². The van der Waals surface area contributed by atoms with Crippen LogP contribution in [0.1, 0.15) is 23.0 Å². The number of carbonyl (C=O) groups excluding carboxylic acids is 1. The third-order valence-electron chi connectivity index (χ3n) is 3.32. The summed E-state index contributed by atoms with van der Waals surface area (Å²) in [6, 6.07) is 8.39. The SMILES string of the molecule is CCc1cn[nH]c1NC(=O)c1cc(=O)c2ccccc2[nH]1. The number of benzene rings is 1. The number of aromatic nitrogens is 3. The molecule has 6 nitrogen and oxygen atoms in total. The number of para-hydroxylation sites is 1. The molecular formula is C15H14N4O2. The number of pyridine rings is 1. The van der Waals surface area contributed by atoms with Crippen molar-refractivity contribution in [2.45, 2.75) is 13.3 Å². The minimum Gasteiger partial charge on any atom is -0.350 e. The maximum absolute atomic E-state index is 12.2. The molecule has 0 fully saturated rings. The quantitative estimate of drug-likeness (QED) is 0.686. The van der Waals surface area contributed by atoms with Crippen molar-refractivity contribution in [3.05, 3.63) is 58.0 Å². The summed E-state index contributed by atoms with van der Waals surface area (Å²) in [5, 5.41) is 9.91. The number of carbonyl (C=O) groups is 1. The van der Waals surface area contributed by atoms with Gasteiger partial charge in [0.05, 0.1) is 6.20 Å². The summed E-state index contributed by atoms with van der Waals surface area (Å²) in [7, 11) is 0. The molecule has 106 valence electrons. The molecule has 0 saturated carbocycles. The van der Waals surface area contributed by atoms with E-state index in [0.717, 1.165) is 12.0 Å². The number of amides is 1. The van der Waals surface area contributed by atoms with Gasteiger partial charge in [-0.2, -0.15) is 5.10 Å². The maximum atomic E-state index is 12.2. The Labute approximate surface area is 120 Å². The molecule has 2 aromatic heterocycles. The highest BCUT2D eigenvalue weighted by Gasteiger charge is 2.12. The second-order valence-electron chi connectivity index (χ2n) is 4.67. The number of anilines is 1. The van der Waals surface area contributed by atoms with Gasteiger partial charge in [0.1, 0.15) is 11.5 Å². The standard InChI is InChI=1S/C15H14N4O2/c1-2-9-8-16-19-14(9)18-15(21)12-7-13(20)10-5-3-4-6-11(10)17-12/h3-8H,2H2,1H3,(H,17,20)(H2,16,18,19,21). The van der Waals surface area contributed by atoms with Crippen LogP contribution in [0.2, 0.25) is 0 Å². The van der Waals surface area contributed by atoms with Crippen LogP contribution < -0.4 is 10.7 Å². The maximum Gasteiger partial charge on any atom is 0.273 e. The van der Waals surface area contributed by atoms with E-state index in [4.69, 9.17) is 0 Å². The van der Waals surface area contributed by atoms with Crippen LogP contribution in [0.5, 0.6) is 0 Å². The van der Waals surface area contributed by atoms with E-state index in [0.29, 0.717) is 16.7 Å². The monoisotopic (exact) mass is 282 g/mol. The number of H-pyrrole nitrogens is 2. The van der Waals surface area contributed by atoms with E-state index in [2.05, 4.69) is 20.5 Å². The zero-order chi connectivity index (χ0) is 14.8. The smallest absolute Gasteiger partial charge is 0.273 e. The van der Waals surface area contributed by atoms with Gasteiger partial charge in [-0.15, -0.1) is 0 Å². The van der Waals surface area contributed by atoms with Crippen molar-refractivity contribution in [1.82, 2.24) is 15.2 Å². The van der Waals surface area contributed by atoms with Gasteiger partial charge >= 0.3 is 0 Å².